The van der Waals surface area contributed by atoms with Crippen molar-refractivity contribution in [1.82, 2.24) is 0 Å². The van der Waals surface area contributed by atoms with Crippen molar-refractivity contribution >= 4 is 22.7 Å². The van der Waals surface area contributed by atoms with Crippen LogP contribution in [0.1, 0.15) is 22.8 Å². The molecule has 6 nitrogen and oxygen atoms in total. The highest BCUT2D eigenvalue weighted by atomic mass is 16.6. The molecule has 1 fully saturated rings. The van der Waals surface area contributed by atoms with Crippen LogP contribution >= 0.6 is 0 Å². The standard InChI is InChI=1S/C25H22O6/c1-28-18-13-12-14-8-4-5-9-15(14)20(18)25-17-11-7-6-10-16(17)22(31-25)19(23(26)29-2)21(25)24(27)30-3/h4-13,19,21-22H,1-3H3/t19?,21?,22-,25-/m0/s1. The normalized spacial score (nSPS) is 25.8. The van der Waals surface area contributed by atoms with E-state index in [2.05, 4.69) is 0 Å². The Balaban J connectivity index is 1.91. The lowest BCUT2D eigenvalue weighted by Gasteiger charge is -2.36. The number of hydrogen-bond acceptors (Lipinski definition) is 6. The van der Waals surface area contributed by atoms with Gasteiger partial charge in [-0.1, -0.05) is 54.6 Å². The molecule has 0 N–H and O–H groups in total. The minimum Gasteiger partial charge on any atom is -0.496 e. The zero-order chi connectivity index (χ0) is 21.8. The van der Waals surface area contributed by atoms with E-state index in [0.29, 0.717) is 11.3 Å². The third kappa shape index (κ3) is 2.48. The fraction of sp³-hybridized carbons (Fsp3) is 0.280. The Morgan fingerprint density at radius 2 is 1.58 bits per heavy atom. The van der Waals surface area contributed by atoms with Crippen molar-refractivity contribution in [2.24, 2.45) is 11.8 Å². The van der Waals surface area contributed by atoms with Crippen LogP contribution in [0, 0.1) is 11.8 Å². The molecule has 3 aromatic rings. The molecule has 5 rings (SSSR count). The van der Waals surface area contributed by atoms with Crippen LogP contribution in [0.3, 0.4) is 0 Å². The number of benzene rings is 3. The van der Waals surface area contributed by atoms with Crippen molar-refractivity contribution in [3.05, 3.63) is 77.4 Å². The van der Waals surface area contributed by atoms with E-state index in [9.17, 15) is 9.59 Å². The predicted molar refractivity (Wildman–Crippen MR) is 113 cm³/mol. The van der Waals surface area contributed by atoms with E-state index in [-0.39, 0.29) is 0 Å². The molecule has 2 aliphatic heterocycles. The van der Waals surface area contributed by atoms with E-state index in [1.807, 2.05) is 60.7 Å². The summed E-state index contributed by atoms with van der Waals surface area (Å²) in [7, 11) is 4.23. The van der Waals surface area contributed by atoms with Crippen LogP contribution in [0.5, 0.6) is 5.75 Å². The molecule has 1 saturated heterocycles. The Labute approximate surface area is 179 Å². The van der Waals surface area contributed by atoms with Gasteiger partial charge in [-0.2, -0.15) is 0 Å². The molecule has 0 aliphatic carbocycles. The maximum atomic E-state index is 13.2. The fourth-order valence-corrected chi connectivity index (χ4v) is 5.33. The van der Waals surface area contributed by atoms with E-state index in [0.717, 1.165) is 21.9 Å². The van der Waals surface area contributed by atoms with E-state index in [1.54, 1.807) is 7.11 Å². The maximum absolute atomic E-state index is 13.2. The van der Waals surface area contributed by atoms with Crippen molar-refractivity contribution in [1.29, 1.82) is 0 Å². The molecule has 31 heavy (non-hydrogen) atoms. The van der Waals surface area contributed by atoms with Gasteiger partial charge in [0.2, 0.25) is 0 Å². The first-order chi connectivity index (χ1) is 15.1. The van der Waals surface area contributed by atoms with E-state index in [4.69, 9.17) is 18.9 Å². The largest absolute Gasteiger partial charge is 0.496 e. The summed E-state index contributed by atoms with van der Waals surface area (Å²) >= 11 is 0. The van der Waals surface area contributed by atoms with Gasteiger partial charge in [0.1, 0.15) is 23.2 Å². The van der Waals surface area contributed by atoms with Crippen LogP contribution < -0.4 is 4.74 Å². The van der Waals surface area contributed by atoms with Gasteiger partial charge >= 0.3 is 11.9 Å². The summed E-state index contributed by atoms with van der Waals surface area (Å²) in [5, 5.41) is 1.86. The molecule has 6 heteroatoms. The molecular weight excluding hydrogens is 396 g/mol. The second-order valence-electron chi connectivity index (χ2n) is 7.78. The average Bonchev–Trinajstić information content (AvgIpc) is 3.35. The highest BCUT2D eigenvalue weighted by molar-refractivity contribution is 5.93. The Kier molecular flexibility index (Phi) is 4.48. The van der Waals surface area contributed by atoms with E-state index < -0.39 is 35.5 Å². The van der Waals surface area contributed by atoms with Gasteiger partial charge in [-0.05, 0) is 28.0 Å². The Hall–Kier alpha value is -3.38. The highest BCUT2D eigenvalue weighted by Gasteiger charge is 2.69. The average molecular weight is 418 g/mol. The van der Waals surface area contributed by atoms with E-state index >= 15 is 0 Å². The van der Waals surface area contributed by atoms with Crippen LogP contribution in [0.4, 0.5) is 0 Å². The predicted octanol–water partition coefficient (Wildman–Crippen LogP) is 3.76. The Bertz CT molecular complexity index is 1200. The number of methoxy groups -OCH3 is 3. The van der Waals surface area contributed by atoms with Gasteiger partial charge in [0.15, 0.2) is 0 Å². The molecule has 2 heterocycles. The lowest BCUT2D eigenvalue weighted by molar-refractivity contribution is -0.158. The van der Waals surface area contributed by atoms with Gasteiger partial charge in [0.05, 0.1) is 27.4 Å². The minimum absolute atomic E-state index is 0.504. The quantitative estimate of drug-likeness (QED) is 0.601. The Morgan fingerprint density at radius 3 is 2.32 bits per heavy atom. The molecule has 2 unspecified atom stereocenters. The third-order valence-corrected chi connectivity index (χ3v) is 6.51. The topological polar surface area (TPSA) is 71.1 Å². The van der Waals surface area contributed by atoms with Crippen molar-refractivity contribution in [2.45, 2.75) is 11.7 Å². The summed E-state index contributed by atoms with van der Waals surface area (Å²) in [5.74, 6) is -2.22. The van der Waals surface area contributed by atoms with Gasteiger partial charge in [0, 0.05) is 5.56 Å². The zero-order valence-electron chi connectivity index (χ0n) is 17.5. The van der Waals surface area contributed by atoms with Gasteiger partial charge in [-0.25, -0.2) is 0 Å². The lowest BCUT2D eigenvalue weighted by Crippen LogP contribution is -2.45. The molecule has 0 amide bonds. The molecule has 0 radical (unpaired) electrons. The molecule has 0 saturated carbocycles. The van der Waals surface area contributed by atoms with E-state index in [1.165, 1.54) is 14.2 Å². The number of hydrogen-bond donors (Lipinski definition) is 0. The third-order valence-electron chi connectivity index (χ3n) is 6.51. The lowest BCUT2D eigenvalue weighted by atomic mass is 9.65. The highest BCUT2D eigenvalue weighted by Crippen LogP contribution is 2.66. The van der Waals surface area contributed by atoms with Crippen LogP contribution in [0.2, 0.25) is 0 Å². The monoisotopic (exact) mass is 418 g/mol. The molecule has 158 valence electrons. The fourth-order valence-electron chi connectivity index (χ4n) is 5.33. The maximum Gasteiger partial charge on any atom is 0.313 e. The second kappa shape index (κ2) is 7.10. The van der Waals surface area contributed by atoms with Crippen LogP contribution in [0.25, 0.3) is 10.8 Å². The number of carbonyl (C=O) groups excluding carboxylic acids is 2. The number of fused-ring (bicyclic) bond motifs is 6. The molecule has 2 bridgehead atoms. The van der Waals surface area contributed by atoms with Crippen molar-refractivity contribution in [3.63, 3.8) is 0 Å². The molecule has 0 spiro atoms. The first-order valence-corrected chi connectivity index (χ1v) is 10.1. The number of ether oxygens (including phenoxy) is 4. The molecular formula is C25H22O6. The molecule has 3 aromatic carbocycles. The summed E-state index contributed by atoms with van der Waals surface area (Å²) in [6.07, 6.45) is -0.628. The van der Waals surface area contributed by atoms with Crippen LogP contribution in [-0.2, 0) is 29.4 Å². The molecule has 0 aromatic heterocycles. The SMILES string of the molecule is COC(=O)C1C(C(=O)OC)[C@]2(c3c(OC)ccc4ccccc34)O[C@H]1c1ccccc12. The second-order valence-corrected chi connectivity index (χ2v) is 7.78. The molecule has 4 atom stereocenters. The Morgan fingerprint density at radius 1 is 0.871 bits per heavy atom. The van der Waals surface area contributed by atoms with Gasteiger partial charge in [-0.15, -0.1) is 0 Å². The summed E-state index contributed by atoms with van der Waals surface area (Å²) in [6, 6.07) is 19.4. The van der Waals surface area contributed by atoms with Crippen molar-refractivity contribution in [2.75, 3.05) is 21.3 Å². The smallest absolute Gasteiger partial charge is 0.313 e. The molecule has 2 aliphatic rings. The summed E-state index contributed by atoms with van der Waals surface area (Å²) in [5.41, 5.74) is 1.17. The number of carbonyl (C=O) groups is 2. The van der Waals surface area contributed by atoms with Crippen LogP contribution in [0.15, 0.2) is 60.7 Å². The van der Waals surface area contributed by atoms with Crippen molar-refractivity contribution < 1.29 is 28.5 Å². The van der Waals surface area contributed by atoms with Crippen molar-refractivity contribution in [3.8, 4) is 5.75 Å². The first-order valence-electron chi connectivity index (χ1n) is 10.1. The van der Waals surface area contributed by atoms with Gasteiger partial charge in [-0.3, -0.25) is 9.59 Å². The number of esters is 2. The zero-order valence-corrected chi connectivity index (χ0v) is 17.5. The van der Waals surface area contributed by atoms with Crippen LogP contribution in [-0.4, -0.2) is 33.3 Å². The number of rotatable bonds is 4. The summed E-state index contributed by atoms with van der Waals surface area (Å²) in [4.78, 5) is 26.1. The summed E-state index contributed by atoms with van der Waals surface area (Å²) < 4.78 is 22.7. The summed E-state index contributed by atoms with van der Waals surface area (Å²) in [6.45, 7) is 0. The minimum atomic E-state index is -1.25. The first kappa shape index (κ1) is 19.6. The van der Waals surface area contributed by atoms with Gasteiger partial charge in [0.25, 0.3) is 0 Å². The van der Waals surface area contributed by atoms with Gasteiger partial charge < -0.3 is 18.9 Å².